The lowest BCUT2D eigenvalue weighted by atomic mass is 9.86. The molecule has 22 heavy (non-hydrogen) atoms. The second kappa shape index (κ2) is 7.94. The van der Waals surface area contributed by atoms with Crippen molar-refractivity contribution in [1.29, 1.82) is 0 Å². The van der Waals surface area contributed by atoms with Crippen molar-refractivity contribution in [2.24, 2.45) is 0 Å². The molecule has 1 rings (SSSR count). The van der Waals surface area contributed by atoms with Gasteiger partial charge in [0.2, 0.25) is 5.91 Å². The third kappa shape index (κ3) is 5.85. The maximum Gasteiger partial charge on any atom is 0.328 e. The van der Waals surface area contributed by atoms with Crippen LogP contribution in [0.1, 0.15) is 44.7 Å². The van der Waals surface area contributed by atoms with Crippen LogP contribution in [-0.2, 0) is 21.4 Å². The number of aliphatic hydroxyl groups is 1. The van der Waals surface area contributed by atoms with Crippen LogP contribution in [-0.4, -0.2) is 34.7 Å². The van der Waals surface area contributed by atoms with E-state index in [4.69, 9.17) is 10.2 Å². The number of nitrogens with one attached hydrogen (secondary N) is 1. The number of rotatable bonds is 7. The maximum absolute atomic E-state index is 11.6. The Kier molecular flexibility index (Phi) is 6.56. The summed E-state index contributed by atoms with van der Waals surface area (Å²) in [7, 11) is 0. The first kappa shape index (κ1) is 18.2. The van der Waals surface area contributed by atoms with Crippen LogP contribution in [0, 0.1) is 0 Å². The minimum Gasteiger partial charge on any atom is -0.480 e. The first-order valence-corrected chi connectivity index (χ1v) is 7.46. The van der Waals surface area contributed by atoms with Crippen LogP contribution in [0.4, 0.5) is 0 Å². The molecule has 0 aliphatic carbocycles. The van der Waals surface area contributed by atoms with E-state index in [1.807, 2.05) is 0 Å². The summed E-state index contributed by atoms with van der Waals surface area (Å²) in [6.07, 6.45) is 1.64. The van der Waals surface area contributed by atoms with Crippen LogP contribution in [0.25, 0.3) is 0 Å². The maximum atomic E-state index is 11.6. The molecule has 5 heteroatoms. The lowest BCUT2D eigenvalue weighted by Crippen LogP contribution is -2.43. The van der Waals surface area contributed by atoms with Crippen LogP contribution in [0.15, 0.2) is 24.3 Å². The predicted octanol–water partition coefficient (Wildman–Crippen LogP) is 1.87. The lowest BCUT2D eigenvalue weighted by Gasteiger charge is -2.19. The summed E-state index contributed by atoms with van der Waals surface area (Å²) in [5.74, 6) is -1.58. The first-order valence-electron chi connectivity index (χ1n) is 7.46. The second-order valence-corrected chi connectivity index (χ2v) is 6.44. The molecule has 1 atom stereocenters. The molecule has 0 radical (unpaired) electrons. The number of aryl methyl sites for hydroxylation is 1. The van der Waals surface area contributed by atoms with Gasteiger partial charge in [0.15, 0.2) is 0 Å². The number of carboxylic acid groups (broad SMARTS) is 1. The quantitative estimate of drug-likeness (QED) is 0.717. The third-order valence-electron chi connectivity index (χ3n) is 3.51. The molecular weight excluding hydrogens is 282 g/mol. The van der Waals surface area contributed by atoms with Crippen LogP contribution in [0.2, 0.25) is 0 Å². The van der Waals surface area contributed by atoms with Gasteiger partial charge in [0.1, 0.15) is 6.04 Å². The Morgan fingerprint density at radius 3 is 2.23 bits per heavy atom. The van der Waals surface area contributed by atoms with Crippen molar-refractivity contribution in [3.8, 4) is 0 Å². The van der Waals surface area contributed by atoms with Crippen molar-refractivity contribution >= 4 is 11.9 Å². The molecule has 0 saturated carbocycles. The SMILES string of the molecule is CC(C)(C)c1ccc(CCCC(=O)NC(CO)C(=O)O)cc1. The molecule has 122 valence electrons. The number of aliphatic carboxylic acids is 1. The summed E-state index contributed by atoms with van der Waals surface area (Å²) in [5, 5.41) is 19.9. The van der Waals surface area contributed by atoms with Gasteiger partial charge in [-0.05, 0) is 29.4 Å². The molecule has 0 spiro atoms. The van der Waals surface area contributed by atoms with Crippen molar-refractivity contribution in [2.75, 3.05) is 6.61 Å². The summed E-state index contributed by atoms with van der Waals surface area (Å²) >= 11 is 0. The number of aliphatic hydroxyl groups excluding tert-OH is 1. The fraction of sp³-hybridized carbons (Fsp3) is 0.529. The Bertz CT molecular complexity index is 502. The van der Waals surface area contributed by atoms with Crippen LogP contribution in [0.5, 0.6) is 0 Å². The number of carboxylic acids is 1. The van der Waals surface area contributed by atoms with Gasteiger partial charge in [0, 0.05) is 6.42 Å². The Morgan fingerprint density at radius 1 is 1.18 bits per heavy atom. The standard InChI is InChI=1S/C17H25NO4/c1-17(2,3)13-9-7-12(8-10-13)5-4-6-15(20)18-14(11-19)16(21)22/h7-10,14,19H,4-6,11H2,1-3H3,(H,18,20)(H,21,22). The molecule has 0 saturated heterocycles. The van der Waals surface area contributed by atoms with E-state index in [0.29, 0.717) is 6.42 Å². The number of carbonyl (C=O) groups excluding carboxylic acids is 1. The highest BCUT2D eigenvalue weighted by molar-refractivity contribution is 5.83. The van der Waals surface area contributed by atoms with Crippen molar-refractivity contribution in [1.82, 2.24) is 5.32 Å². The van der Waals surface area contributed by atoms with Gasteiger partial charge < -0.3 is 15.5 Å². The van der Waals surface area contributed by atoms with E-state index in [9.17, 15) is 9.59 Å². The smallest absolute Gasteiger partial charge is 0.328 e. The van der Waals surface area contributed by atoms with Gasteiger partial charge in [-0.3, -0.25) is 4.79 Å². The molecule has 5 nitrogen and oxygen atoms in total. The average molecular weight is 307 g/mol. The van der Waals surface area contributed by atoms with Crippen LogP contribution >= 0.6 is 0 Å². The molecule has 0 bridgehead atoms. The van der Waals surface area contributed by atoms with E-state index in [0.717, 1.165) is 12.0 Å². The molecular formula is C17H25NO4. The number of hydrogen-bond donors (Lipinski definition) is 3. The van der Waals surface area contributed by atoms with Gasteiger partial charge in [-0.2, -0.15) is 0 Å². The Hall–Kier alpha value is -1.88. The summed E-state index contributed by atoms with van der Waals surface area (Å²) in [6, 6.07) is 7.10. The molecule has 1 unspecified atom stereocenters. The van der Waals surface area contributed by atoms with E-state index in [2.05, 4.69) is 50.4 Å². The van der Waals surface area contributed by atoms with E-state index in [1.54, 1.807) is 0 Å². The van der Waals surface area contributed by atoms with Gasteiger partial charge in [-0.15, -0.1) is 0 Å². The van der Waals surface area contributed by atoms with Crippen molar-refractivity contribution < 1.29 is 19.8 Å². The van der Waals surface area contributed by atoms with E-state index >= 15 is 0 Å². The topological polar surface area (TPSA) is 86.6 Å². The molecule has 3 N–H and O–H groups in total. The van der Waals surface area contributed by atoms with Crippen LogP contribution < -0.4 is 5.32 Å². The average Bonchev–Trinajstić information content (AvgIpc) is 2.44. The molecule has 1 amide bonds. The van der Waals surface area contributed by atoms with Crippen molar-refractivity contribution in [2.45, 2.75) is 51.5 Å². The van der Waals surface area contributed by atoms with Gasteiger partial charge in [-0.25, -0.2) is 4.79 Å². The molecule has 0 heterocycles. The fourth-order valence-electron chi connectivity index (χ4n) is 2.08. The molecule has 0 aliphatic heterocycles. The van der Waals surface area contributed by atoms with Crippen LogP contribution in [0.3, 0.4) is 0 Å². The largest absolute Gasteiger partial charge is 0.480 e. The highest BCUT2D eigenvalue weighted by Gasteiger charge is 2.18. The van der Waals surface area contributed by atoms with Crippen molar-refractivity contribution in [3.05, 3.63) is 35.4 Å². The minimum atomic E-state index is -1.23. The zero-order valence-corrected chi connectivity index (χ0v) is 13.4. The van der Waals surface area contributed by atoms with Gasteiger partial charge in [0.25, 0.3) is 0 Å². The number of amides is 1. The van der Waals surface area contributed by atoms with Gasteiger partial charge in [-0.1, -0.05) is 45.0 Å². The summed E-state index contributed by atoms with van der Waals surface area (Å²) in [6.45, 7) is 5.88. The number of benzene rings is 1. The number of carbonyl (C=O) groups is 2. The number of hydrogen-bond acceptors (Lipinski definition) is 3. The second-order valence-electron chi connectivity index (χ2n) is 6.44. The molecule has 0 fully saturated rings. The highest BCUT2D eigenvalue weighted by atomic mass is 16.4. The molecule has 1 aromatic rings. The summed E-state index contributed by atoms with van der Waals surface area (Å²) in [5.41, 5.74) is 2.54. The normalized spacial score (nSPS) is 12.7. The Labute approximate surface area is 131 Å². The summed E-state index contributed by atoms with van der Waals surface area (Å²) in [4.78, 5) is 22.3. The zero-order valence-electron chi connectivity index (χ0n) is 13.4. The van der Waals surface area contributed by atoms with E-state index in [1.165, 1.54) is 5.56 Å². The van der Waals surface area contributed by atoms with Gasteiger partial charge in [0.05, 0.1) is 6.61 Å². The fourth-order valence-corrected chi connectivity index (χ4v) is 2.08. The minimum absolute atomic E-state index is 0.120. The lowest BCUT2D eigenvalue weighted by molar-refractivity contribution is -0.142. The predicted molar refractivity (Wildman–Crippen MR) is 84.7 cm³/mol. The van der Waals surface area contributed by atoms with E-state index < -0.39 is 18.6 Å². The Balaban J connectivity index is 2.41. The molecule has 0 aliphatic rings. The van der Waals surface area contributed by atoms with E-state index in [-0.39, 0.29) is 17.7 Å². The van der Waals surface area contributed by atoms with Crippen molar-refractivity contribution in [3.63, 3.8) is 0 Å². The Morgan fingerprint density at radius 2 is 1.77 bits per heavy atom. The molecule has 0 aromatic heterocycles. The highest BCUT2D eigenvalue weighted by Crippen LogP contribution is 2.22. The third-order valence-corrected chi connectivity index (χ3v) is 3.51. The first-order chi connectivity index (χ1) is 10.2. The van der Waals surface area contributed by atoms with Gasteiger partial charge >= 0.3 is 5.97 Å². The summed E-state index contributed by atoms with van der Waals surface area (Å²) < 4.78 is 0. The monoisotopic (exact) mass is 307 g/mol. The zero-order chi connectivity index (χ0) is 16.8. The molecule has 1 aromatic carbocycles.